The molecule has 2 heterocycles. The molecule has 1 N–H and O–H groups in total. The Kier molecular flexibility index (Phi) is 4.50. The fraction of sp³-hybridized carbons (Fsp3) is 0.429. The molecule has 0 aliphatic carbocycles. The first kappa shape index (κ1) is 14.0. The molecule has 102 valence electrons. The van der Waals surface area contributed by atoms with Gasteiger partial charge in [0.2, 0.25) is 5.95 Å². The molecule has 2 aromatic rings. The van der Waals surface area contributed by atoms with Crippen LogP contribution in [-0.2, 0) is 0 Å². The molecule has 0 aliphatic rings. The Morgan fingerprint density at radius 2 is 1.95 bits per heavy atom. The number of aromatic nitrogens is 2. The number of thiophene rings is 1. The van der Waals surface area contributed by atoms with Crippen molar-refractivity contribution in [3.8, 4) is 0 Å². The van der Waals surface area contributed by atoms with Crippen LogP contribution in [-0.4, -0.2) is 35.5 Å². The standard InChI is InChI=1S/C14H20N4S/c1-10-8-11(2)17-14(16-10)15-9-12(18(3)4)13-6-5-7-19-13/h5-8,12H,9H2,1-4H3,(H,15,16,17). The molecule has 0 radical (unpaired) electrons. The van der Waals surface area contributed by atoms with Gasteiger partial charge in [0.1, 0.15) is 0 Å². The molecule has 0 bridgehead atoms. The summed E-state index contributed by atoms with van der Waals surface area (Å²) in [5.41, 5.74) is 1.99. The number of aryl methyl sites for hydroxylation is 2. The molecule has 0 spiro atoms. The van der Waals surface area contributed by atoms with Crippen molar-refractivity contribution in [3.63, 3.8) is 0 Å². The fourth-order valence-corrected chi connectivity index (χ4v) is 2.93. The van der Waals surface area contributed by atoms with Crippen LogP contribution in [0.15, 0.2) is 23.6 Å². The maximum Gasteiger partial charge on any atom is 0.223 e. The number of nitrogens with zero attached hydrogens (tertiary/aromatic N) is 3. The van der Waals surface area contributed by atoms with Gasteiger partial charge in [0, 0.05) is 22.8 Å². The van der Waals surface area contributed by atoms with Gasteiger partial charge in [0.05, 0.1) is 6.04 Å². The third-order valence-electron chi connectivity index (χ3n) is 2.93. The summed E-state index contributed by atoms with van der Waals surface area (Å²) in [4.78, 5) is 12.4. The van der Waals surface area contributed by atoms with E-state index in [9.17, 15) is 0 Å². The number of anilines is 1. The highest BCUT2D eigenvalue weighted by atomic mass is 32.1. The number of likely N-dealkylation sites (N-methyl/N-ethyl adjacent to an activating group) is 1. The Bertz CT molecular complexity index is 502. The summed E-state index contributed by atoms with van der Waals surface area (Å²) in [6.45, 7) is 4.78. The monoisotopic (exact) mass is 276 g/mol. The molecule has 0 saturated carbocycles. The molecular formula is C14H20N4S. The summed E-state index contributed by atoms with van der Waals surface area (Å²) in [5.74, 6) is 0.709. The van der Waals surface area contributed by atoms with E-state index in [4.69, 9.17) is 0 Å². The van der Waals surface area contributed by atoms with Gasteiger partial charge in [-0.3, -0.25) is 0 Å². The Labute approximate surface area is 118 Å². The summed E-state index contributed by atoms with van der Waals surface area (Å²) in [5, 5.41) is 5.45. The second-order valence-corrected chi connectivity index (χ2v) is 5.83. The molecule has 0 aliphatic heterocycles. The quantitative estimate of drug-likeness (QED) is 0.911. The van der Waals surface area contributed by atoms with E-state index in [2.05, 4.69) is 51.8 Å². The SMILES string of the molecule is Cc1cc(C)nc(NCC(c2cccs2)N(C)C)n1. The number of nitrogens with one attached hydrogen (secondary N) is 1. The molecule has 0 aromatic carbocycles. The second kappa shape index (κ2) is 6.12. The molecule has 4 nitrogen and oxygen atoms in total. The topological polar surface area (TPSA) is 41.1 Å². The van der Waals surface area contributed by atoms with E-state index in [1.54, 1.807) is 11.3 Å². The molecule has 1 unspecified atom stereocenters. The number of hydrogen-bond acceptors (Lipinski definition) is 5. The van der Waals surface area contributed by atoms with Gasteiger partial charge in [-0.1, -0.05) is 6.07 Å². The first-order chi connectivity index (χ1) is 9.06. The van der Waals surface area contributed by atoms with Crippen LogP contribution in [0.3, 0.4) is 0 Å². The highest BCUT2D eigenvalue weighted by molar-refractivity contribution is 7.10. The van der Waals surface area contributed by atoms with Gasteiger partial charge in [0.25, 0.3) is 0 Å². The Morgan fingerprint density at radius 3 is 2.47 bits per heavy atom. The predicted molar refractivity (Wildman–Crippen MR) is 80.7 cm³/mol. The molecule has 5 heteroatoms. The molecule has 2 aromatic heterocycles. The highest BCUT2D eigenvalue weighted by Crippen LogP contribution is 2.23. The molecule has 2 rings (SSSR count). The van der Waals surface area contributed by atoms with E-state index in [0.29, 0.717) is 12.0 Å². The van der Waals surface area contributed by atoms with Crippen molar-refractivity contribution in [2.75, 3.05) is 26.0 Å². The van der Waals surface area contributed by atoms with Crippen LogP contribution in [0.4, 0.5) is 5.95 Å². The van der Waals surface area contributed by atoms with Crippen LogP contribution in [0.1, 0.15) is 22.3 Å². The Balaban J connectivity index is 2.07. The van der Waals surface area contributed by atoms with Gasteiger partial charge in [-0.15, -0.1) is 11.3 Å². The van der Waals surface area contributed by atoms with Crippen molar-refractivity contribution in [1.29, 1.82) is 0 Å². The van der Waals surface area contributed by atoms with Crippen LogP contribution in [0, 0.1) is 13.8 Å². The van der Waals surface area contributed by atoms with Gasteiger partial charge < -0.3 is 10.2 Å². The number of hydrogen-bond donors (Lipinski definition) is 1. The average molecular weight is 276 g/mol. The van der Waals surface area contributed by atoms with E-state index >= 15 is 0 Å². The van der Waals surface area contributed by atoms with Crippen molar-refractivity contribution in [2.45, 2.75) is 19.9 Å². The third kappa shape index (κ3) is 3.75. The smallest absolute Gasteiger partial charge is 0.223 e. The van der Waals surface area contributed by atoms with Crippen molar-refractivity contribution < 1.29 is 0 Å². The fourth-order valence-electron chi connectivity index (χ4n) is 2.01. The first-order valence-corrected chi connectivity index (χ1v) is 7.20. The van der Waals surface area contributed by atoms with Gasteiger partial charge in [-0.2, -0.15) is 0 Å². The molecule has 0 saturated heterocycles. The molecule has 1 atom stereocenters. The summed E-state index contributed by atoms with van der Waals surface area (Å²) in [6.07, 6.45) is 0. The van der Waals surface area contributed by atoms with Gasteiger partial charge in [-0.25, -0.2) is 9.97 Å². The molecule has 0 fully saturated rings. The molecule has 19 heavy (non-hydrogen) atoms. The lowest BCUT2D eigenvalue weighted by Crippen LogP contribution is -2.26. The molecule has 0 amide bonds. The largest absolute Gasteiger partial charge is 0.352 e. The summed E-state index contributed by atoms with van der Waals surface area (Å²) < 4.78 is 0. The van der Waals surface area contributed by atoms with E-state index in [1.807, 2.05) is 19.9 Å². The van der Waals surface area contributed by atoms with Gasteiger partial charge in [-0.05, 0) is 45.5 Å². The van der Waals surface area contributed by atoms with E-state index in [1.165, 1.54) is 4.88 Å². The van der Waals surface area contributed by atoms with Gasteiger partial charge >= 0.3 is 0 Å². The maximum atomic E-state index is 4.41. The average Bonchev–Trinajstić information content (AvgIpc) is 2.81. The van der Waals surface area contributed by atoms with Crippen LogP contribution in [0.25, 0.3) is 0 Å². The lowest BCUT2D eigenvalue weighted by atomic mass is 10.2. The van der Waals surface area contributed by atoms with Crippen molar-refractivity contribution >= 4 is 17.3 Å². The maximum absolute atomic E-state index is 4.41. The first-order valence-electron chi connectivity index (χ1n) is 6.32. The van der Waals surface area contributed by atoms with Crippen molar-refractivity contribution in [2.24, 2.45) is 0 Å². The predicted octanol–water partition coefficient (Wildman–Crippen LogP) is 2.87. The van der Waals surface area contributed by atoms with Gasteiger partial charge in [0.15, 0.2) is 0 Å². The summed E-state index contributed by atoms with van der Waals surface area (Å²) in [7, 11) is 4.18. The lowest BCUT2D eigenvalue weighted by Gasteiger charge is -2.23. The summed E-state index contributed by atoms with van der Waals surface area (Å²) in [6, 6.07) is 6.57. The highest BCUT2D eigenvalue weighted by Gasteiger charge is 2.15. The van der Waals surface area contributed by atoms with Crippen molar-refractivity contribution in [1.82, 2.24) is 14.9 Å². The number of rotatable bonds is 5. The minimum absolute atomic E-state index is 0.337. The molecular weight excluding hydrogens is 256 g/mol. The minimum atomic E-state index is 0.337. The van der Waals surface area contributed by atoms with E-state index < -0.39 is 0 Å². The zero-order valence-electron chi connectivity index (χ0n) is 11.8. The lowest BCUT2D eigenvalue weighted by molar-refractivity contribution is 0.316. The zero-order valence-corrected chi connectivity index (χ0v) is 12.7. The minimum Gasteiger partial charge on any atom is -0.352 e. The third-order valence-corrected chi connectivity index (χ3v) is 3.90. The van der Waals surface area contributed by atoms with E-state index in [0.717, 1.165) is 17.9 Å². The summed E-state index contributed by atoms with van der Waals surface area (Å²) >= 11 is 1.78. The van der Waals surface area contributed by atoms with Crippen LogP contribution >= 0.6 is 11.3 Å². The normalized spacial score (nSPS) is 12.7. The van der Waals surface area contributed by atoms with E-state index in [-0.39, 0.29) is 0 Å². The van der Waals surface area contributed by atoms with Crippen LogP contribution < -0.4 is 5.32 Å². The second-order valence-electron chi connectivity index (χ2n) is 4.85. The zero-order chi connectivity index (χ0) is 13.8. The Hall–Kier alpha value is -1.46. The van der Waals surface area contributed by atoms with Crippen LogP contribution in [0.2, 0.25) is 0 Å². The van der Waals surface area contributed by atoms with Crippen molar-refractivity contribution in [3.05, 3.63) is 39.8 Å². The Morgan fingerprint density at radius 1 is 1.26 bits per heavy atom. The van der Waals surface area contributed by atoms with Crippen LogP contribution in [0.5, 0.6) is 0 Å².